The number of benzene rings is 1. The summed E-state index contributed by atoms with van der Waals surface area (Å²) in [5, 5.41) is 4.17. The largest absolute Gasteiger partial charge is 0.497 e. The summed E-state index contributed by atoms with van der Waals surface area (Å²) >= 11 is 0. The number of hydrogen-bond donors (Lipinski definition) is 1. The maximum Gasteiger partial charge on any atom is 0.356 e. The molecule has 0 spiro atoms. The van der Waals surface area contributed by atoms with Crippen molar-refractivity contribution in [3.8, 4) is 5.75 Å². The number of aliphatic imine (C=N–C) groups is 1. The molecule has 1 aromatic heterocycles. The Morgan fingerprint density at radius 3 is 2.37 bits per heavy atom. The Morgan fingerprint density at radius 2 is 1.77 bits per heavy atom. The van der Waals surface area contributed by atoms with Crippen LogP contribution in [0.3, 0.4) is 0 Å². The first kappa shape index (κ1) is 22.3. The molecule has 10 heteroatoms. The van der Waals surface area contributed by atoms with Crippen molar-refractivity contribution in [2.45, 2.75) is 6.54 Å². The SMILES string of the molecule is COC(=O)C(N)=CC(=NCC(=O)c1cnn(Cc2ccc(OC)cc2)c1)C(=O)OC. The van der Waals surface area contributed by atoms with Crippen LogP contribution in [0.15, 0.2) is 53.4 Å². The Kier molecular flexibility index (Phi) is 7.86. The van der Waals surface area contributed by atoms with E-state index in [1.54, 1.807) is 18.0 Å². The molecular weight excluding hydrogens is 392 g/mol. The van der Waals surface area contributed by atoms with Crippen LogP contribution in [0.2, 0.25) is 0 Å². The molecule has 30 heavy (non-hydrogen) atoms. The van der Waals surface area contributed by atoms with Crippen LogP contribution in [0.4, 0.5) is 0 Å². The summed E-state index contributed by atoms with van der Waals surface area (Å²) in [6.45, 7) is 0.107. The number of Topliss-reactive ketones (excluding diaryl/α,β-unsaturated/α-hetero) is 1. The molecule has 0 radical (unpaired) electrons. The summed E-state index contributed by atoms with van der Waals surface area (Å²) in [5.74, 6) is -1.30. The predicted molar refractivity (Wildman–Crippen MR) is 107 cm³/mol. The molecule has 0 bridgehead atoms. The molecule has 0 saturated carbocycles. The third-order valence-corrected chi connectivity index (χ3v) is 3.96. The monoisotopic (exact) mass is 414 g/mol. The second kappa shape index (κ2) is 10.6. The number of nitrogens with zero attached hydrogens (tertiary/aromatic N) is 3. The smallest absolute Gasteiger partial charge is 0.356 e. The highest BCUT2D eigenvalue weighted by molar-refractivity contribution is 6.42. The third kappa shape index (κ3) is 6.03. The number of aromatic nitrogens is 2. The fraction of sp³-hybridized carbons (Fsp3) is 0.250. The molecule has 2 aromatic rings. The average molecular weight is 414 g/mol. The summed E-state index contributed by atoms with van der Waals surface area (Å²) in [7, 11) is 3.88. The van der Waals surface area contributed by atoms with E-state index in [0.29, 0.717) is 12.1 Å². The lowest BCUT2D eigenvalue weighted by molar-refractivity contribution is -0.136. The lowest BCUT2D eigenvalue weighted by Gasteiger charge is -2.03. The van der Waals surface area contributed by atoms with Gasteiger partial charge in [-0.25, -0.2) is 9.59 Å². The van der Waals surface area contributed by atoms with Crippen LogP contribution >= 0.6 is 0 Å². The highest BCUT2D eigenvalue weighted by Gasteiger charge is 2.15. The zero-order valence-corrected chi connectivity index (χ0v) is 16.8. The first-order valence-electron chi connectivity index (χ1n) is 8.74. The molecular formula is C20H22N4O6. The Hall–Kier alpha value is -3.95. The second-order valence-corrected chi connectivity index (χ2v) is 5.98. The third-order valence-electron chi connectivity index (χ3n) is 3.96. The van der Waals surface area contributed by atoms with Gasteiger partial charge in [-0.15, -0.1) is 0 Å². The summed E-state index contributed by atoms with van der Waals surface area (Å²) in [6.07, 6.45) is 3.99. The van der Waals surface area contributed by atoms with Gasteiger partial charge in [0, 0.05) is 12.3 Å². The fourth-order valence-corrected chi connectivity index (χ4v) is 2.36. The molecule has 158 valence electrons. The van der Waals surface area contributed by atoms with Crippen molar-refractivity contribution in [2.75, 3.05) is 27.9 Å². The summed E-state index contributed by atoms with van der Waals surface area (Å²) in [6, 6.07) is 7.46. The molecule has 0 aliphatic carbocycles. The first-order valence-corrected chi connectivity index (χ1v) is 8.74. The zero-order chi connectivity index (χ0) is 22.1. The van der Waals surface area contributed by atoms with Gasteiger partial charge in [0.15, 0.2) is 5.78 Å². The minimum atomic E-state index is -0.843. The minimum absolute atomic E-state index is 0.278. The van der Waals surface area contributed by atoms with Crippen LogP contribution in [-0.4, -0.2) is 61.1 Å². The molecule has 0 fully saturated rings. The molecule has 0 saturated heterocycles. The standard InChI is InChI=1S/C20H22N4O6/c1-28-15-6-4-13(5-7-15)11-24-12-14(9-23-24)18(25)10-22-17(20(27)30-3)8-16(21)19(26)29-2/h4-9,12H,10-11,21H2,1-3H3. The molecule has 0 atom stereocenters. The number of methoxy groups -OCH3 is 3. The van der Waals surface area contributed by atoms with E-state index in [4.69, 9.17) is 10.5 Å². The van der Waals surface area contributed by atoms with Crippen molar-refractivity contribution >= 4 is 23.4 Å². The highest BCUT2D eigenvalue weighted by Crippen LogP contribution is 2.12. The molecule has 10 nitrogen and oxygen atoms in total. The molecule has 0 aliphatic heterocycles. The van der Waals surface area contributed by atoms with Gasteiger partial charge in [-0.05, 0) is 17.7 Å². The van der Waals surface area contributed by atoms with Crippen molar-refractivity contribution in [2.24, 2.45) is 10.7 Å². The maximum absolute atomic E-state index is 12.4. The maximum atomic E-state index is 12.4. The van der Waals surface area contributed by atoms with Crippen molar-refractivity contribution in [1.29, 1.82) is 0 Å². The summed E-state index contributed by atoms with van der Waals surface area (Å²) < 4.78 is 15.8. The highest BCUT2D eigenvalue weighted by atomic mass is 16.5. The van der Waals surface area contributed by atoms with Gasteiger partial charge in [0.1, 0.15) is 23.7 Å². The van der Waals surface area contributed by atoms with Crippen LogP contribution in [0.5, 0.6) is 5.75 Å². The van der Waals surface area contributed by atoms with Gasteiger partial charge in [0.05, 0.1) is 39.6 Å². The number of ketones is 1. The van der Waals surface area contributed by atoms with E-state index in [2.05, 4.69) is 19.6 Å². The Balaban J connectivity index is 2.10. The molecule has 0 aliphatic rings. The van der Waals surface area contributed by atoms with Crippen LogP contribution < -0.4 is 10.5 Å². The normalized spacial score (nSPS) is 11.7. The number of ether oxygens (including phenoxy) is 3. The van der Waals surface area contributed by atoms with Gasteiger partial charge in [-0.2, -0.15) is 5.10 Å². The zero-order valence-electron chi connectivity index (χ0n) is 16.8. The Bertz CT molecular complexity index is 975. The number of nitrogens with two attached hydrogens (primary N) is 1. The van der Waals surface area contributed by atoms with Crippen molar-refractivity contribution in [3.05, 3.63) is 59.6 Å². The van der Waals surface area contributed by atoms with Crippen LogP contribution in [0.25, 0.3) is 0 Å². The summed E-state index contributed by atoms with van der Waals surface area (Å²) in [4.78, 5) is 39.5. The van der Waals surface area contributed by atoms with Gasteiger partial charge in [0.2, 0.25) is 0 Å². The van der Waals surface area contributed by atoms with Gasteiger partial charge in [-0.3, -0.25) is 14.5 Å². The molecule has 0 amide bonds. The van der Waals surface area contributed by atoms with E-state index in [-0.39, 0.29) is 23.7 Å². The van der Waals surface area contributed by atoms with E-state index in [1.165, 1.54) is 6.20 Å². The quantitative estimate of drug-likeness (QED) is 0.275. The topological polar surface area (TPSA) is 135 Å². The van der Waals surface area contributed by atoms with Gasteiger partial charge < -0.3 is 19.9 Å². The lowest BCUT2D eigenvalue weighted by atomic mass is 10.2. The van der Waals surface area contributed by atoms with Gasteiger partial charge in [-0.1, -0.05) is 12.1 Å². The van der Waals surface area contributed by atoms with Crippen LogP contribution in [0.1, 0.15) is 15.9 Å². The Labute approximate surface area is 172 Å². The molecule has 1 aromatic carbocycles. The van der Waals surface area contributed by atoms with Crippen molar-refractivity contribution in [3.63, 3.8) is 0 Å². The van der Waals surface area contributed by atoms with Gasteiger partial charge >= 0.3 is 11.9 Å². The first-order chi connectivity index (χ1) is 14.4. The van der Waals surface area contributed by atoms with E-state index >= 15 is 0 Å². The van der Waals surface area contributed by atoms with E-state index < -0.39 is 11.9 Å². The van der Waals surface area contributed by atoms with Crippen LogP contribution in [0, 0.1) is 0 Å². The second-order valence-electron chi connectivity index (χ2n) is 5.98. The van der Waals surface area contributed by atoms with Crippen molar-refractivity contribution in [1.82, 2.24) is 9.78 Å². The number of carbonyl (C=O) groups excluding carboxylic acids is 3. The van der Waals surface area contributed by atoms with Crippen molar-refractivity contribution < 1.29 is 28.6 Å². The Morgan fingerprint density at radius 1 is 1.10 bits per heavy atom. The predicted octanol–water partition coefficient (Wildman–Crippen LogP) is 0.752. The van der Waals surface area contributed by atoms with Crippen LogP contribution in [-0.2, 0) is 25.6 Å². The van der Waals surface area contributed by atoms with E-state index in [9.17, 15) is 14.4 Å². The van der Waals surface area contributed by atoms with E-state index in [0.717, 1.165) is 31.6 Å². The fourth-order valence-electron chi connectivity index (χ4n) is 2.36. The average Bonchev–Trinajstić information content (AvgIpc) is 3.24. The lowest BCUT2D eigenvalue weighted by Crippen LogP contribution is -2.21. The number of carbonyl (C=O) groups is 3. The number of esters is 2. The summed E-state index contributed by atoms with van der Waals surface area (Å²) in [5.41, 5.74) is 6.20. The molecule has 2 N–H and O–H groups in total. The molecule has 0 unspecified atom stereocenters. The minimum Gasteiger partial charge on any atom is -0.497 e. The van der Waals surface area contributed by atoms with E-state index in [1.807, 2.05) is 24.3 Å². The van der Waals surface area contributed by atoms with Gasteiger partial charge in [0.25, 0.3) is 0 Å². The molecule has 2 rings (SSSR count). The molecule has 1 heterocycles. The number of rotatable bonds is 9. The number of hydrogen-bond acceptors (Lipinski definition) is 9.